The van der Waals surface area contributed by atoms with E-state index in [0.717, 1.165) is 5.75 Å². The molecule has 0 unspecified atom stereocenters. The molecular formula is C13H16S. The molecule has 2 rings (SSSR count). The van der Waals surface area contributed by atoms with Crippen molar-refractivity contribution in [2.75, 3.05) is 0 Å². The van der Waals surface area contributed by atoms with Crippen LogP contribution in [-0.4, -0.2) is 0 Å². The van der Waals surface area contributed by atoms with Gasteiger partial charge in [0.25, 0.3) is 0 Å². The van der Waals surface area contributed by atoms with E-state index in [-0.39, 0.29) is 0 Å². The molecule has 1 heteroatoms. The smallest absolute Gasteiger partial charge is 0.0228 e. The Morgan fingerprint density at radius 2 is 1.93 bits per heavy atom. The zero-order chi connectivity index (χ0) is 9.64. The van der Waals surface area contributed by atoms with Crippen molar-refractivity contribution in [2.24, 2.45) is 0 Å². The molecule has 1 aliphatic rings. The van der Waals surface area contributed by atoms with Crippen molar-refractivity contribution in [3.8, 4) is 0 Å². The topological polar surface area (TPSA) is 0 Å². The summed E-state index contributed by atoms with van der Waals surface area (Å²) in [4.78, 5) is 1.60. The van der Waals surface area contributed by atoms with Gasteiger partial charge in [0.05, 0.1) is 0 Å². The lowest BCUT2D eigenvalue weighted by Crippen LogP contribution is -1.88. The predicted molar refractivity (Wildman–Crippen MR) is 64.3 cm³/mol. The van der Waals surface area contributed by atoms with Gasteiger partial charge >= 0.3 is 0 Å². The van der Waals surface area contributed by atoms with Crippen LogP contribution in [0.3, 0.4) is 0 Å². The van der Waals surface area contributed by atoms with Crippen LogP contribution in [-0.2, 0) is 5.75 Å². The molecular weight excluding hydrogens is 188 g/mol. The van der Waals surface area contributed by atoms with Gasteiger partial charge in [-0.2, -0.15) is 0 Å². The van der Waals surface area contributed by atoms with E-state index in [9.17, 15) is 0 Å². The van der Waals surface area contributed by atoms with Crippen LogP contribution in [0.4, 0.5) is 0 Å². The molecule has 1 aromatic rings. The minimum atomic E-state index is 1.13. The fraction of sp³-hybridized carbons (Fsp3) is 0.385. The highest BCUT2D eigenvalue weighted by Gasteiger charge is 2.03. The summed E-state index contributed by atoms with van der Waals surface area (Å²) in [5.41, 5.74) is 1.43. The summed E-state index contributed by atoms with van der Waals surface area (Å²) in [6.07, 6.45) is 7.77. The third-order valence-corrected chi connectivity index (χ3v) is 3.74. The van der Waals surface area contributed by atoms with Gasteiger partial charge in [-0.15, -0.1) is 11.8 Å². The molecule has 0 nitrogen and oxygen atoms in total. The molecule has 0 aromatic heterocycles. The Hall–Kier alpha value is -0.690. The molecule has 0 radical (unpaired) electrons. The molecule has 0 saturated carbocycles. The van der Waals surface area contributed by atoms with Gasteiger partial charge in [-0.1, -0.05) is 36.4 Å². The monoisotopic (exact) mass is 204 g/mol. The van der Waals surface area contributed by atoms with Crippen LogP contribution >= 0.6 is 11.8 Å². The molecule has 0 amide bonds. The maximum Gasteiger partial charge on any atom is 0.0228 e. The summed E-state index contributed by atoms with van der Waals surface area (Å²) in [5.74, 6) is 1.13. The quantitative estimate of drug-likeness (QED) is 0.704. The third-order valence-electron chi connectivity index (χ3n) is 2.52. The third kappa shape index (κ3) is 2.91. The van der Waals surface area contributed by atoms with Crippen molar-refractivity contribution in [1.29, 1.82) is 0 Å². The average Bonchev–Trinajstić information content (AvgIpc) is 2.29. The van der Waals surface area contributed by atoms with Gasteiger partial charge in [0.1, 0.15) is 0 Å². The number of thioether (sulfide) groups is 1. The number of allylic oxidation sites excluding steroid dienone is 2. The van der Waals surface area contributed by atoms with Crippen molar-refractivity contribution >= 4 is 11.8 Å². The summed E-state index contributed by atoms with van der Waals surface area (Å²) >= 11 is 2.01. The second-order valence-electron chi connectivity index (χ2n) is 3.69. The average molecular weight is 204 g/mol. The summed E-state index contributed by atoms with van der Waals surface area (Å²) in [5, 5.41) is 0. The molecule has 0 aliphatic heterocycles. The van der Waals surface area contributed by atoms with E-state index in [0.29, 0.717) is 0 Å². The van der Waals surface area contributed by atoms with Gasteiger partial charge in [0.15, 0.2) is 0 Å². The highest BCUT2D eigenvalue weighted by atomic mass is 32.2. The van der Waals surface area contributed by atoms with E-state index in [1.807, 2.05) is 11.8 Å². The van der Waals surface area contributed by atoms with E-state index >= 15 is 0 Å². The largest absolute Gasteiger partial charge is 0.126 e. The highest BCUT2D eigenvalue weighted by molar-refractivity contribution is 8.02. The first-order valence-corrected chi connectivity index (χ1v) is 6.29. The van der Waals surface area contributed by atoms with Crippen LogP contribution < -0.4 is 0 Å². The summed E-state index contributed by atoms with van der Waals surface area (Å²) in [7, 11) is 0. The molecule has 1 aromatic carbocycles. The Morgan fingerprint density at radius 3 is 2.64 bits per heavy atom. The van der Waals surface area contributed by atoms with Crippen molar-refractivity contribution in [1.82, 2.24) is 0 Å². The lowest BCUT2D eigenvalue weighted by atomic mass is 10.1. The Labute approximate surface area is 90.4 Å². The summed E-state index contributed by atoms with van der Waals surface area (Å²) < 4.78 is 0. The van der Waals surface area contributed by atoms with Crippen molar-refractivity contribution < 1.29 is 0 Å². The fourth-order valence-electron chi connectivity index (χ4n) is 1.69. The molecule has 0 bridgehead atoms. The van der Waals surface area contributed by atoms with E-state index in [1.54, 1.807) is 4.91 Å². The molecule has 74 valence electrons. The first-order valence-electron chi connectivity index (χ1n) is 5.31. The number of hydrogen-bond donors (Lipinski definition) is 0. The van der Waals surface area contributed by atoms with Gasteiger partial charge in [-0.05, 0) is 36.2 Å². The van der Waals surface area contributed by atoms with E-state index in [4.69, 9.17) is 0 Å². The van der Waals surface area contributed by atoms with Crippen LogP contribution in [0.1, 0.15) is 31.2 Å². The Morgan fingerprint density at radius 1 is 1.07 bits per heavy atom. The zero-order valence-electron chi connectivity index (χ0n) is 8.41. The minimum Gasteiger partial charge on any atom is -0.126 e. The first-order chi connectivity index (χ1) is 6.95. The van der Waals surface area contributed by atoms with E-state index in [2.05, 4.69) is 36.4 Å². The summed E-state index contributed by atoms with van der Waals surface area (Å²) in [6.45, 7) is 0. The normalized spacial score (nSPS) is 16.4. The summed E-state index contributed by atoms with van der Waals surface area (Å²) in [6, 6.07) is 10.7. The number of rotatable bonds is 3. The van der Waals surface area contributed by atoms with E-state index < -0.39 is 0 Å². The van der Waals surface area contributed by atoms with Crippen molar-refractivity contribution in [3.05, 3.63) is 46.9 Å². The van der Waals surface area contributed by atoms with Crippen molar-refractivity contribution in [3.63, 3.8) is 0 Å². The molecule has 0 atom stereocenters. The second kappa shape index (κ2) is 5.26. The van der Waals surface area contributed by atoms with E-state index in [1.165, 1.54) is 31.2 Å². The Bertz CT molecular complexity index is 300. The maximum atomic E-state index is 2.41. The van der Waals surface area contributed by atoms with Crippen LogP contribution in [0.25, 0.3) is 0 Å². The van der Waals surface area contributed by atoms with Gasteiger partial charge in [0, 0.05) is 5.75 Å². The van der Waals surface area contributed by atoms with Gasteiger partial charge in [-0.25, -0.2) is 0 Å². The van der Waals surface area contributed by atoms with Gasteiger partial charge in [-0.3, -0.25) is 0 Å². The van der Waals surface area contributed by atoms with Crippen molar-refractivity contribution in [2.45, 2.75) is 31.4 Å². The van der Waals surface area contributed by atoms with Crippen LogP contribution in [0, 0.1) is 0 Å². The first kappa shape index (κ1) is 9.85. The lowest BCUT2D eigenvalue weighted by Gasteiger charge is -2.11. The number of benzene rings is 1. The standard InChI is InChI=1S/C13H16S/c1-3-7-12(8-4-1)11-14-13-9-5-2-6-10-13/h1,3-4,7-9H,2,5-6,10-11H2. The van der Waals surface area contributed by atoms with Crippen LogP contribution in [0.15, 0.2) is 41.3 Å². The molecule has 1 aliphatic carbocycles. The Kier molecular flexibility index (Phi) is 3.70. The van der Waals surface area contributed by atoms with Crippen LogP contribution in [0.5, 0.6) is 0 Å². The minimum absolute atomic E-state index is 1.13. The molecule has 0 saturated heterocycles. The fourth-order valence-corrected chi connectivity index (χ4v) is 2.76. The Balaban J connectivity index is 1.85. The predicted octanol–water partition coefficient (Wildman–Crippen LogP) is 4.38. The van der Waals surface area contributed by atoms with Gasteiger partial charge < -0.3 is 0 Å². The number of hydrogen-bond acceptors (Lipinski definition) is 1. The SMILES string of the molecule is C1=C(SCc2ccccc2)CCCC1. The van der Waals surface area contributed by atoms with Gasteiger partial charge in [0.2, 0.25) is 0 Å². The molecule has 14 heavy (non-hydrogen) atoms. The zero-order valence-corrected chi connectivity index (χ0v) is 9.22. The second-order valence-corrected chi connectivity index (χ2v) is 4.79. The highest BCUT2D eigenvalue weighted by Crippen LogP contribution is 2.29. The maximum absolute atomic E-state index is 2.41. The molecule has 0 heterocycles. The lowest BCUT2D eigenvalue weighted by molar-refractivity contribution is 0.723. The van der Waals surface area contributed by atoms with Crippen LogP contribution in [0.2, 0.25) is 0 Å². The molecule has 0 fully saturated rings. The molecule has 0 N–H and O–H groups in total. The molecule has 0 spiro atoms.